The van der Waals surface area contributed by atoms with E-state index < -0.39 is 0 Å². The highest BCUT2D eigenvalue weighted by atomic mass is 127. The van der Waals surface area contributed by atoms with Crippen molar-refractivity contribution >= 4 is 28.4 Å². The molecule has 0 bridgehead atoms. The van der Waals surface area contributed by atoms with E-state index in [-0.39, 0.29) is 5.78 Å². The zero-order chi connectivity index (χ0) is 13.0. The molecule has 0 aromatic heterocycles. The third-order valence-electron chi connectivity index (χ3n) is 2.96. The molecule has 0 saturated carbocycles. The molecule has 0 saturated heterocycles. The summed E-state index contributed by atoms with van der Waals surface area (Å²) in [6.07, 6.45) is 1.05. The van der Waals surface area contributed by atoms with Gasteiger partial charge in [-0.15, -0.1) is 0 Å². The Hall–Kier alpha value is -1.16. The van der Waals surface area contributed by atoms with Gasteiger partial charge in [0.15, 0.2) is 0 Å². The first kappa shape index (κ1) is 13.3. The lowest BCUT2D eigenvalue weighted by Crippen LogP contribution is -2.07. The number of carbonyl (C=O) groups excluding carboxylic acids is 1. The first-order valence-corrected chi connectivity index (χ1v) is 7.03. The van der Waals surface area contributed by atoms with Crippen molar-refractivity contribution in [2.45, 2.75) is 19.8 Å². The lowest BCUT2D eigenvalue weighted by Gasteiger charge is -2.05. The molecule has 0 fully saturated rings. The molecule has 18 heavy (non-hydrogen) atoms. The summed E-state index contributed by atoms with van der Waals surface area (Å²) < 4.78 is 1.20. The number of aryl methyl sites for hydroxylation is 1. The maximum Gasteiger partial charge on any atom is 0.141 e. The summed E-state index contributed by atoms with van der Waals surface area (Å²) in [6.45, 7) is 2.05. The molecular weight excluding hydrogens is 335 g/mol. The van der Waals surface area contributed by atoms with Gasteiger partial charge in [0.2, 0.25) is 0 Å². The predicted octanol–water partition coefficient (Wildman–Crippen LogP) is 3.95. The summed E-state index contributed by atoms with van der Waals surface area (Å²) in [5.41, 5.74) is 3.41. The Bertz CT molecular complexity index is 543. The quantitative estimate of drug-likeness (QED) is 0.763. The van der Waals surface area contributed by atoms with Crippen LogP contribution in [0.3, 0.4) is 0 Å². The molecule has 0 aliphatic carbocycles. The third kappa shape index (κ3) is 3.67. The zero-order valence-electron chi connectivity index (χ0n) is 10.3. The molecule has 0 atom stereocenters. The van der Waals surface area contributed by atoms with Crippen LogP contribution in [0.2, 0.25) is 0 Å². The molecule has 2 rings (SSSR count). The van der Waals surface area contributed by atoms with E-state index in [1.54, 1.807) is 0 Å². The Morgan fingerprint density at radius 2 is 1.67 bits per heavy atom. The third-order valence-corrected chi connectivity index (χ3v) is 3.68. The van der Waals surface area contributed by atoms with Crippen molar-refractivity contribution in [1.29, 1.82) is 0 Å². The van der Waals surface area contributed by atoms with Gasteiger partial charge in [0.1, 0.15) is 5.78 Å². The molecule has 0 heterocycles. The number of carbonyl (C=O) groups is 1. The van der Waals surface area contributed by atoms with E-state index in [0.717, 1.165) is 11.1 Å². The minimum absolute atomic E-state index is 0.269. The average molecular weight is 350 g/mol. The fraction of sp³-hybridized carbons (Fsp3) is 0.188. The largest absolute Gasteiger partial charge is 0.299 e. The molecule has 0 aliphatic heterocycles. The maximum atomic E-state index is 12.0. The van der Waals surface area contributed by atoms with E-state index in [4.69, 9.17) is 0 Å². The standard InChI is InChI=1S/C16H15IO/c1-12-4-2-3-5-14(12)11-16(18)10-13-6-8-15(17)9-7-13/h2-9H,10-11H2,1H3. The molecule has 92 valence electrons. The van der Waals surface area contributed by atoms with Gasteiger partial charge in [-0.1, -0.05) is 36.4 Å². The highest BCUT2D eigenvalue weighted by Crippen LogP contribution is 2.11. The highest BCUT2D eigenvalue weighted by Gasteiger charge is 2.06. The van der Waals surface area contributed by atoms with Gasteiger partial charge in [-0.2, -0.15) is 0 Å². The van der Waals surface area contributed by atoms with Gasteiger partial charge >= 0.3 is 0 Å². The van der Waals surface area contributed by atoms with E-state index in [1.165, 1.54) is 9.13 Å². The Morgan fingerprint density at radius 1 is 1.00 bits per heavy atom. The second kappa shape index (κ2) is 6.14. The minimum Gasteiger partial charge on any atom is -0.299 e. The summed E-state index contributed by atoms with van der Waals surface area (Å²) in [5, 5.41) is 0. The topological polar surface area (TPSA) is 17.1 Å². The molecule has 0 radical (unpaired) electrons. The summed E-state index contributed by atoms with van der Waals surface area (Å²) in [4.78, 5) is 12.0. The van der Waals surface area contributed by atoms with Crippen molar-refractivity contribution in [3.05, 3.63) is 68.8 Å². The van der Waals surface area contributed by atoms with Crippen LogP contribution in [0, 0.1) is 10.5 Å². The fourth-order valence-corrected chi connectivity index (χ4v) is 2.27. The minimum atomic E-state index is 0.269. The number of benzene rings is 2. The molecule has 2 aromatic carbocycles. The van der Waals surface area contributed by atoms with E-state index >= 15 is 0 Å². The summed E-state index contributed by atoms with van der Waals surface area (Å²) in [6, 6.07) is 16.2. The molecule has 0 unspecified atom stereocenters. The average Bonchev–Trinajstić information content (AvgIpc) is 2.35. The fourth-order valence-electron chi connectivity index (χ4n) is 1.91. The van der Waals surface area contributed by atoms with E-state index in [2.05, 4.69) is 22.6 Å². The van der Waals surface area contributed by atoms with Crippen molar-refractivity contribution < 1.29 is 4.79 Å². The van der Waals surface area contributed by atoms with E-state index in [0.29, 0.717) is 12.8 Å². The molecule has 0 N–H and O–H groups in total. The number of rotatable bonds is 4. The summed E-state index contributed by atoms with van der Waals surface area (Å²) in [7, 11) is 0. The van der Waals surface area contributed by atoms with Gasteiger partial charge in [0, 0.05) is 16.4 Å². The van der Waals surface area contributed by atoms with Crippen LogP contribution in [-0.4, -0.2) is 5.78 Å². The number of halogens is 1. The number of hydrogen-bond donors (Lipinski definition) is 0. The van der Waals surface area contributed by atoms with Crippen molar-refractivity contribution in [1.82, 2.24) is 0 Å². The van der Waals surface area contributed by atoms with Crippen LogP contribution in [0.1, 0.15) is 16.7 Å². The molecule has 0 spiro atoms. The molecule has 0 amide bonds. The van der Waals surface area contributed by atoms with Gasteiger partial charge in [0.25, 0.3) is 0 Å². The van der Waals surface area contributed by atoms with Crippen molar-refractivity contribution in [3.8, 4) is 0 Å². The molecule has 2 aromatic rings. The Morgan fingerprint density at radius 3 is 2.33 bits per heavy atom. The SMILES string of the molecule is Cc1ccccc1CC(=O)Cc1ccc(I)cc1. The maximum absolute atomic E-state index is 12.0. The number of ketones is 1. The van der Waals surface area contributed by atoms with Gasteiger partial charge in [0.05, 0.1) is 0 Å². The molecule has 1 nitrogen and oxygen atoms in total. The van der Waals surface area contributed by atoms with Crippen molar-refractivity contribution in [3.63, 3.8) is 0 Å². The first-order chi connectivity index (χ1) is 8.65. The van der Waals surface area contributed by atoms with Crippen LogP contribution >= 0.6 is 22.6 Å². The number of hydrogen-bond acceptors (Lipinski definition) is 1. The van der Waals surface area contributed by atoms with E-state index in [1.807, 2.05) is 55.5 Å². The van der Waals surface area contributed by atoms with Gasteiger partial charge in [-0.3, -0.25) is 4.79 Å². The molecular formula is C16H15IO. The van der Waals surface area contributed by atoms with Gasteiger partial charge in [-0.25, -0.2) is 0 Å². The normalized spacial score (nSPS) is 10.3. The smallest absolute Gasteiger partial charge is 0.141 e. The van der Waals surface area contributed by atoms with Gasteiger partial charge < -0.3 is 0 Å². The number of Topliss-reactive ketones (excluding diaryl/α,β-unsaturated/α-hetero) is 1. The lowest BCUT2D eigenvalue weighted by atomic mass is 10.00. The predicted molar refractivity (Wildman–Crippen MR) is 82.8 cm³/mol. The van der Waals surface area contributed by atoms with Gasteiger partial charge in [-0.05, 0) is 58.3 Å². The second-order valence-corrected chi connectivity index (χ2v) is 5.69. The van der Waals surface area contributed by atoms with Crippen LogP contribution in [-0.2, 0) is 17.6 Å². The Balaban J connectivity index is 2.01. The highest BCUT2D eigenvalue weighted by molar-refractivity contribution is 14.1. The van der Waals surface area contributed by atoms with Crippen LogP contribution in [0.4, 0.5) is 0 Å². The Kier molecular flexibility index (Phi) is 4.53. The zero-order valence-corrected chi connectivity index (χ0v) is 12.5. The van der Waals surface area contributed by atoms with Crippen LogP contribution in [0.25, 0.3) is 0 Å². The van der Waals surface area contributed by atoms with Crippen LogP contribution in [0.15, 0.2) is 48.5 Å². The summed E-state index contributed by atoms with van der Waals surface area (Å²) >= 11 is 2.27. The van der Waals surface area contributed by atoms with Crippen molar-refractivity contribution in [2.75, 3.05) is 0 Å². The second-order valence-electron chi connectivity index (χ2n) is 4.45. The molecule has 0 aliphatic rings. The monoisotopic (exact) mass is 350 g/mol. The summed E-state index contributed by atoms with van der Waals surface area (Å²) in [5.74, 6) is 0.269. The first-order valence-electron chi connectivity index (χ1n) is 5.96. The lowest BCUT2D eigenvalue weighted by molar-refractivity contribution is -0.117. The van der Waals surface area contributed by atoms with Crippen LogP contribution in [0.5, 0.6) is 0 Å². The molecule has 2 heteroatoms. The van der Waals surface area contributed by atoms with E-state index in [9.17, 15) is 4.79 Å². The van der Waals surface area contributed by atoms with Crippen molar-refractivity contribution in [2.24, 2.45) is 0 Å². The van der Waals surface area contributed by atoms with Crippen LogP contribution < -0.4 is 0 Å². The Labute approximate surface area is 121 Å².